The second kappa shape index (κ2) is 9.81. The van der Waals surface area contributed by atoms with Crippen LogP contribution in [0.2, 0.25) is 0 Å². The van der Waals surface area contributed by atoms with E-state index >= 15 is 0 Å². The van der Waals surface area contributed by atoms with Gasteiger partial charge in [0.15, 0.2) is 0 Å². The number of carboxylic acids is 1. The molecule has 2 unspecified atom stereocenters. The summed E-state index contributed by atoms with van der Waals surface area (Å²) >= 11 is 0. The van der Waals surface area contributed by atoms with Gasteiger partial charge in [-0.1, -0.05) is 36.8 Å². The van der Waals surface area contributed by atoms with E-state index in [9.17, 15) is 19.5 Å². The summed E-state index contributed by atoms with van der Waals surface area (Å²) in [5, 5.41) is 11.9. The largest absolute Gasteiger partial charge is 0.480 e. The van der Waals surface area contributed by atoms with Crippen molar-refractivity contribution in [3.05, 3.63) is 35.4 Å². The van der Waals surface area contributed by atoms with Crippen LogP contribution in [-0.4, -0.2) is 46.9 Å². The van der Waals surface area contributed by atoms with Crippen molar-refractivity contribution in [3.8, 4) is 0 Å². The van der Waals surface area contributed by atoms with Gasteiger partial charge in [0.25, 0.3) is 0 Å². The standard InChI is InChI=1S/C19H28N2O4/c1-5-16(17-8-6-13(2)7-9-17)12-18(23)21(14(3)19(24)25)11-10-20-15(4)22/h6-9,14,16H,5,10-12H2,1-4H3,(H,20,22)(H,24,25). The van der Waals surface area contributed by atoms with E-state index in [1.807, 2.05) is 38.1 Å². The Hall–Kier alpha value is -2.37. The number of nitrogens with zero attached hydrogens (tertiary/aromatic N) is 1. The highest BCUT2D eigenvalue weighted by Crippen LogP contribution is 2.25. The zero-order valence-corrected chi connectivity index (χ0v) is 15.4. The van der Waals surface area contributed by atoms with E-state index in [1.54, 1.807) is 0 Å². The highest BCUT2D eigenvalue weighted by molar-refractivity contribution is 5.84. The third kappa shape index (κ3) is 6.57. The number of rotatable bonds is 9. The van der Waals surface area contributed by atoms with Gasteiger partial charge in [-0.2, -0.15) is 0 Å². The van der Waals surface area contributed by atoms with Gasteiger partial charge < -0.3 is 15.3 Å². The normalized spacial score (nSPS) is 13.0. The first-order valence-corrected chi connectivity index (χ1v) is 8.59. The Balaban J connectivity index is 2.85. The number of carbonyl (C=O) groups is 3. The molecule has 0 aromatic heterocycles. The molecule has 1 rings (SSSR count). The molecule has 0 aliphatic carbocycles. The van der Waals surface area contributed by atoms with Crippen LogP contribution in [0.15, 0.2) is 24.3 Å². The van der Waals surface area contributed by atoms with Crippen LogP contribution in [0.1, 0.15) is 50.7 Å². The number of aryl methyl sites for hydroxylation is 1. The summed E-state index contributed by atoms with van der Waals surface area (Å²) in [5.74, 6) is -1.44. The molecule has 6 heteroatoms. The van der Waals surface area contributed by atoms with E-state index in [0.717, 1.165) is 17.5 Å². The smallest absolute Gasteiger partial charge is 0.326 e. The Bertz CT molecular complexity index is 598. The minimum atomic E-state index is -1.06. The van der Waals surface area contributed by atoms with Crippen LogP contribution < -0.4 is 5.32 Å². The van der Waals surface area contributed by atoms with Crippen molar-refractivity contribution in [2.24, 2.45) is 0 Å². The molecule has 1 aromatic carbocycles. The Morgan fingerprint density at radius 2 is 1.80 bits per heavy atom. The third-order valence-electron chi connectivity index (χ3n) is 4.33. The molecule has 0 bridgehead atoms. The van der Waals surface area contributed by atoms with Gasteiger partial charge in [-0.05, 0) is 31.7 Å². The van der Waals surface area contributed by atoms with Gasteiger partial charge in [0.2, 0.25) is 11.8 Å². The topological polar surface area (TPSA) is 86.7 Å². The molecule has 1 aromatic rings. The maximum atomic E-state index is 12.7. The van der Waals surface area contributed by atoms with E-state index in [0.29, 0.717) is 0 Å². The monoisotopic (exact) mass is 348 g/mol. The minimum absolute atomic E-state index is 0.0392. The van der Waals surface area contributed by atoms with Crippen molar-refractivity contribution in [2.75, 3.05) is 13.1 Å². The number of carboxylic acid groups (broad SMARTS) is 1. The number of nitrogens with one attached hydrogen (secondary N) is 1. The molecular formula is C19H28N2O4. The van der Waals surface area contributed by atoms with Crippen LogP contribution >= 0.6 is 0 Å². The first-order valence-electron chi connectivity index (χ1n) is 8.59. The Labute approximate surface area is 149 Å². The van der Waals surface area contributed by atoms with Crippen molar-refractivity contribution in [1.82, 2.24) is 10.2 Å². The first-order chi connectivity index (χ1) is 11.8. The third-order valence-corrected chi connectivity index (χ3v) is 4.33. The molecule has 2 amide bonds. The molecule has 2 N–H and O–H groups in total. The van der Waals surface area contributed by atoms with E-state index in [2.05, 4.69) is 5.32 Å². The van der Waals surface area contributed by atoms with Crippen LogP contribution in [-0.2, 0) is 14.4 Å². The fourth-order valence-corrected chi connectivity index (χ4v) is 2.68. The van der Waals surface area contributed by atoms with Gasteiger partial charge in [-0.15, -0.1) is 0 Å². The first kappa shape index (κ1) is 20.7. The van der Waals surface area contributed by atoms with Gasteiger partial charge in [0.1, 0.15) is 6.04 Å². The number of amides is 2. The molecular weight excluding hydrogens is 320 g/mol. The predicted molar refractivity (Wildman–Crippen MR) is 96.3 cm³/mol. The summed E-state index contributed by atoms with van der Waals surface area (Å²) in [6.07, 6.45) is 1.03. The van der Waals surface area contributed by atoms with Crippen LogP contribution in [0.25, 0.3) is 0 Å². The number of aliphatic carboxylic acids is 1. The summed E-state index contributed by atoms with van der Waals surface area (Å²) in [6, 6.07) is 7.11. The molecule has 0 aliphatic rings. The average molecular weight is 348 g/mol. The van der Waals surface area contributed by atoms with Crippen molar-refractivity contribution < 1.29 is 19.5 Å². The lowest BCUT2D eigenvalue weighted by molar-refractivity contribution is -0.149. The number of hydrogen-bond donors (Lipinski definition) is 2. The van der Waals surface area contributed by atoms with Crippen LogP contribution in [0, 0.1) is 6.92 Å². The van der Waals surface area contributed by atoms with Gasteiger partial charge >= 0.3 is 5.97 Å². The van der Waals surface area contributed by atoms with E-state index in [4.69, 9.17) is 0 Å². The average Bonchev–Trinajstić information content (AvgIpc) is 2.56. The summed E-state index contributed by atoms with van der Waals surface area (Å²) in [4.78, 5) is 36.4. The SMILES string of the molecule is CCC(CC(=O)N(CCNC(C)=O)C(C)C(=O)O)c1ccc(C)cc1. The van der Waals surface area contributed by atoms with E-state index in [-0.39, 0.29) is 37.2 Å². The molecule has 138 valence electrons. The highest BCUT2D eigenvalue weighted by atomic mass is 16.4. The molecule has 0 saturated heterocycles. The quantitative estimate of drug-likeness (QED) is 0.717. The Morgan fingerprint density at radius 1 is 1.20 bits per heavy atom. The summed E-state index contributed by atoms with van der Waals surface area (Å²) in [5.41, 5.74) is 2.23. The van der Waals surface area contributed by atoms with Gasteiger partial charge in [-0.25, -0.2) is 4.79 Å². The molecule has 2 atom stereocenters. The fourth-order valence-electron chi connectivity index (χ4n) is 2.68. The summed E-state index contributed by atoms with van der Waals surface area (Å²) in [7, 11) is 0. The molecule has 25 heavy (non-hydrogen) atoms. The van der Waals surface area contributed by atoms with Gasteiger partial charge in [0, 0.05) is 26.4 Å². The second-order valence-electron chi connectivity index (χ2n) is 6.30. The summed E-state index contributed by atoms with van der Waals surface area (Å²) in [6.45, 7) is 7.31. The molecule has 0 heterocycles. The molecule has 0 spiro atoms. The van der Waals surface area contributed by atoms with Crippen LogP contribution in [0.3, 0.4) is 0 Å². The zero-order chi connectivity index (χ0) is 19.0. The van der Waals surface area contributed by atoms with Gasteiger partial charge in [-0.3, -0.25) is 9.59 Å². The number of benzene rings is 1. The summed E-state index contributed by atoms with van der Waals surface area (Å²) < 4.78 is 0. The molecule has 0 aliphatic heterocycles. The lowest BCUT2D eigenvalue weighted by Gasteiger charge is -2.28. The molecule has 6 nitrogen and oxygen atoms in total. The van der Waals surface area contributed by atoms with Crippen LogP contribution in [0.5, 0.6) is 0 Å². The zero-order valence-electron chi connectivity index (χ0n) is 15.4. The maximum Gasteiger partial charge on any atom is 0.326 e. The van der Waals surface area contributed by atoms with Crippen molar-refractivity contribution in [1.29, 1.82) is 0 Å². The lowest BCUT2D eigenvalue weighted by atomic mass is 9.92. The van der Waals surface area contributed by atoms with E-state index < -0.39 is 12.0 Å². The minimum Gasteiger partial charge on any atom is -0.480 e. The second-order valence-corrected chi connectivity index (χ2v) is 6.30. The molecule has 0 fully saturated rings. The van der Waals surface area contributed by atoms with Crippen molar-refractivity contribution >= 4 is 17.8 Å². The number of hydrogen-bond acceptors (Lipinski definition) is 3. The number of carbonyl (C=O) groups excluding carboxylic acids is 2. The fraction of sp³-hybridized carbons (Fsp3) is 0.526. The highest BCUT2D eigenvalue weighted by Gasteiger charge is 2.27. The molecule has 0 saturated carbocycles. The molecule has 0 radical (unpaired) electrons. The van der Waals surface area contributed by atoms with Crippen LogP contribution in [0.4, 0.5) is 0 Å². The lowest BCUT2D eigenvalue weighted by Crippen LogP contribution is -2.47. The van der Waals surface area contributed by atoms with Crippen molar-refractivity contribution in [2.45, 2.75) is 52.5 Å². The van der Waals surface area contributed by atoms with Crippen molar-refractivity contribution in [3.63, 3.8) is 0 Å². The van der Waals surface area contributed by atoms with Gasteiger partial charge in [0.05, 0.1) is 0 Å². The predicted octanol–water partition coefficient (Wildman–Crippen LogP) is 2.32. The van der Waals surface area contributed by atoms with E-state index in [1.165, 1.54) is 18.7 Å². The Kier molecular flexibility index (Phi) is 8.11. The Morgan fingerprint density at radius 3 is 2.28 bits per heavy atom. The maximum absolute atomic E-state index is 12.7.